The Bertz CT molecular complexity index is 1360. The third-order valence-corrected chi connectivity index (χ3v) is 5.64. The van der Waals surface area contributed by atoms with Crippen LogP contribution in [0.3, 0.4) is 0 Å². The lowest BCUT2D eigenvalue weighted by Crippen LogP contribution is -2.34. The molecule has 0 saturated carbocycles. The number of ether oxygens (including phenoxy) is 3. The number of amides is 1. The second kappa shape index (κ2) is 10.8. The van der Waals surface area contributed by atoms with Crippen molar-refractivity contribution in [2.24, 2.45) is 0 Å². The average molecular weight is 528 g/mol. The predicted molar refractivity (Wildman–Crippen MR) is 129 cm³/mol. The molecule has 1 aromatic heterocycles. The van der Waals surface area contributed by atoms with E-state index in [4.69, 9.17) is 9.47 Å². The van der Waals surface area contributed by atoms with Gasteiger partial charge in [0.2, 0.25) is 11.9 Å². The number of rotatable bonds is 8. The number of hydrogen-bond acceptors (Lipinski definition) is 9. The van der Waals surface area contributed by atoms with E-state index < -0.39 is 12.5 Å². The highest BCUT2D eigenvalue weighted by Gasteiger charge is 2.35. The SMILES string of the molecule is CC[C@H]1COC(=O)N1c1nc(C)nc(N[C@@H](C)c2ccc(Oc3ccc(OC(F)(F)F)cc3)c(C#N)c2)n1. The van der Waals surface area contributed by atoms with Gasteiger partial charge in [0.1, 0.15) is 35.7 Å². The monoisotopic (exact) mass is 528 g/mol. The zero-order chi connectivity index (χ0) is 27.4. The minimum atomic E-state index is -4.80. The van der Waals surface area contributed by atoms with Crippen molar-refractivity contribution in [1.29, 1.82) is 5.26 Å². The summed E-state index contributed by atoms with van der Waals surface area (Å²) in [5.74, 6) is 0.916. The Morgan fingerprint density at radius 2 is 1.89 bits per heavy atom. The molecule has 0 aliphatic carbocycles. The fraction of sp³-hybridized carbons (Fsp3) is 0.320. The summed E-state index contributed by atoms with van der Waals surface area (Å²) in [4.78, 5) is 26.6. The topological polar surface area (TPSA) is 122 Å². The van der Waals surface area contributed by atoms with Crippen LogP contribution in [0.2, 0.25) is 0 Å². The lowest BCUT2D eigenvalue weighted by atomic mass is 10.0. The van der Waals surface area contributed by atoms with Crippen LogP contribution >= 0.6 is 0 Å². The van der Waals surface area contributed by atoms with Gasteiger partial charge in [-0.15, -0.1) is 13.2 Å². The molecule has 0 bridgehead atoms. The summed E-state index contributed by atoms with van der Waals surface area (Å²) in [5, 5.41) is 12.8. The van der Waals surface area contributed by atoms with Crippen LogP contribution in [0.1, 0.15) is 43.3 Å². The lowest BCUT2D eigenvalue weighted by molar-refractivity contribution is -0.274. The van der Waals surface area contributed by atoms with E-state index in [1.165, 1.54) is 17.0 Å². The molecular formula is C25H23F3N6O4. The van der Waals surface area contributed by atoms with Gasteiger partial charge in [0.25, 0.3) is 0 Å². The van der Waals surface area contributed by atoms with Crippen molar-refractivity contribution in [2.45, 2.75) is 45.6 Å². The van der Waals surface area contributed by atoms with Crippen molar-refractivity contribution in [3.63, 3.8) is 0 Å². The Balaban J connectivity index is 1.49. The average Bonchev–Trinajstić information content (AvgIpc) is 3.24. The molecule has 2 aromatic carbocycles. The number of cyclic esters (lactones) is 1. The first-order valence-electron chi connectivity index (χ1n) is 11.6. The van der Waals surface area contributed by atoms with Crippen LogP contribution in [0.4, 0.5) is 29.9 Å². The lowest BCUT2D eigenvalue weighted by Gasteiger charge is -2.20. The van der Waals surface area contributed by atoms with Gasteiger partial charge in [-0.25, -0.2) is 9.69 Å². The van der Waals surface area contributed by atoms with Crippen molar-refractivity contribution in [1.82, 2.24) is 15.0 Å². The summed E-state index contributed by atoms with van der Waals surface area (Å²) >= 11 is 0. The van der Waals surface area contributed by atoms with Gasteiger partial charge in [0.05, 0.1) is 17.6 Å². The first kappa shape index (κ1) is 26.5. The number of nitriles is 1. The van der Waals surface area contributed by atoms with Gasteiger partial charge in [-0.1, -0.05) is 13.0 Å². The maximum absolute atomic E-state index is 12.4. The molecule has 2 atom stereocenters. The third-order valence-electron chi connectivity index (χ3n) is 5.64. The maximum Gasteiger partial charge on any atom is 0.573 e. The number of carbonyl (C=O) groups is 1. The summed E-state index contributed by atoms with van der Waals surface area (Å²) in [5.41, 5.74) is 0.930. The number of anilines is 2. The molecule has 13 heteroatoms. The minimum absolute atomic E-state index is 0.173. The predicted octanol–water partition coefficient (Wildman–Crippen LogP) is 5.65. The van der Waals surface area contributed by atoms with E-state index in [0.29, 0.717) is 12.2 Å². The van der Waals surface area contributed by atoms with Crippen molar-refractivity contribution < 1.29 is 32.2 Å². The Labute approximate surface area is 216 Å². The molecule has 1 fully saturated rings. The molecule has 1 N–H and O–H groups in total. The summed E-state index contributed by atoms with van der Waals surface area (Å²) in [7, 11) is 0. The largest absolute Gasteiger partial charge is 0.573 e. The number of hydrogen-bond donors (Lipinski definition) is 1. The Hall–Kier alpha value is -4.60. The zero-order valence-electron chi connectivity index (χ0n) is 20.6. The van der Waals surface area contributed by atoms with Gasteiger partial charge in [0, 0.05) is 0 Å². The molecule has 1 aliphatic heterocycles. The number of halogens is 3. The Morgan fingerprint density at radius 1 is 1.18 bits per heavy atom. The molecule has 0 radical (unpaired) electrons. The van der Waals surface area contributed by atoms with Crippen LogP contribution in [-0.4, -0.2) is 40.1 Å². The molecule has 10 nitrogen and oxygen atoms in total. The molecule has 3 aromatic rings. The fourth-order valence-corrected chi connectivity index (χ4v) is 3.75. The quantitative estimate of drug-likeness (QED) is 0.395. The van der Waals surface area contributed by atoms with Crippen LogP contribution in [0.25, 0.3) is 0 Å². The van der Waals surface area contributed by atoms with Crippen molar-refractivity contribution in [3.05, 3.63) is 59.4 Å². The number of carbonyl (C=O) groups excluding carboxylic acids is 1. The molecule has 0 unspecified atom stereocenters. The van der Waals surface area contributed by atoms with Gasteiger partial charge < -0.3 is 19.5 Å². The number of alkyl halides is 3. The highest BCUT2D eigenvalue weighted by molar-refractivity contribution is 5.88. The number of nitrogens with one attached hydrogen (secondary N) is 1. The summed E-state index contributed by atoms with van der Waals surface area (Å²) in [6, 6.07) is 11.3. The van der Waals surface area contributed by atoms with E-state index in [1.807, 2.05) is 13.8 Å². The number of nitrogens with zero attached hydrogens (tertiary/aromatic N) is 5. The highest BCUT2D eigenvalue weighted by Crippen LogP contribution is 2.31. The Kier molecular flexibility index (Phi) is 7.52. The van der Waals surface area contributed by atoms with Crippen LogP contribution in [0.5, 0.6) is 17.2 Å². The van der Waals surface area contributed by atoms with E-state index in [1.54, 1.807) is 25.1 Å². The van der Waals surface area contributed by atoms with Crippen molar-refractivity contribution in [3.8, 4) is 23.3 Å². The second-order valence-electron chi connectivity index (χ2n) is 8.37. The highest BCUT2D eigenvalue weighted by atomic mass is 19.4. The molecule has 1 saturated heterocycles. The van der Waals surface area contributed by atoms with Crippen molar-refractivity contribution >= 4 is 18.0 Å². The Morgan fingerprint density at radius 3 is 2.55 bits per heavy atom. The summed E-state index contributed by atoms with van der Waals surface area (Å²) in [6.07, 6.45) is -4.64. The normalized spacial score (nSPS) is 16.0. The van der Waals surface area contributed by atoms with E-state index in [0.717, 1.165) is 17.7 Å². The van der Waals surface area contributed by atoms with E-state index >= 15 is 0 Å². The van der Waals surface area contributed by atoms with E-state index in [-0.39, 0.29) is 53.4 Å². The maximum atomic E-state index is 12.4. The van der Waals surface area contributed by atoms with Gasteiger partial charge in [-0.3, -0.25) is 0 Å². The third kappa shape index (κ3) is 6.20. The van der Waals surface area contributed by atoms with Crippen LogP contribution in [0, 0.1) is 18.3 Å². The van der Waals surface area contributed by atoms with Gasteiger partial charge in [-0.2, -0.15) is 20.2 Å². The number of aryl methyl sites for hydroxylation is 1. The second-order valence-corrected chi connectivity index (χ2v) is 8.37. The fourth-order valence-electron chi connectivity index (χ4n) is 3.75. The van der Waals surface area contributed by atoms with Crippen molar-refractivity contribution in [2.75, 3.05) is 16.8 Å². The molecular weight excluding hydrogens is 505 g/mol. The van der Waals surface area contributed by atoms with Gasteiger partial charge in [-0.05, 0) is 62.2 Å². The zero-order valence-corrected chi connectivity index (χ0v) is 20.6. The van der Waals surface area contributed by atoms with Gasteiger partial charge >= 0.3 is 12.5 Å². The molecule has 1 amide bonds. The van der Waals surface area contributed by atoms with Gasteiger partial charge in [0.15, 0.2) is 0 Å². The smallest absolute Gasteiger partial charge is 0.456 e. The van der Waals surface area contributed by atoms with E-state index in [9.17, 15) is 23.2 Å². The molecule has 38 heavy (non-hydrogen) atoms. The first-order valence-corrected chi connectivity index (χ1v) is 11.6. The summed E-state index contributed by atoms with van der Waals surface area (Å²) < 4.78 is 51.7. The molecule has 4 rings (SSSR count). The van der Waals surface area contributed by atoms with Crippen LogP contribution in [0.15, 0.2) is 42.5 Å². The number of benzene rings is 2. The number of aromatic nitrogens is 3. The molecule has 0 spiro atoms. The van der Waals surface area contributed by atoms with Crippen LogP contribution < -0.4 is 19.7 Å². The van der Waals surface area contributed by atoms with E-state index in [2.05, 4.69) is 31.1 Å². The standard InChI is InChI=1S/C25H23F3N6O4/c1-4-18-13-36-24(35)34(18)23-32-15(3)31-22(33-23)30-14(2)16-5-10-21(17(11-16)12-29)37-19-6-8-20(9-7-19)38-25(26,27)28/h5-11,14,18H,4,13H2,1-3H3,(H,30,31,32,33)/t14-,18-/m0/s1. The van der Waals surface area contributed by atoms with Crippen LogP contribution in [-0.2, 0) is 4.74 Å². The first-order chi connectivity index (χ1) is 18.1. The molecule has 1 aliphatic rings. The molecule has 2 heterocycles. The molecule has 198 valence electrons. The minimum Gasteiger partial charge on any atom is -0.456 e. The summed E-state index contributed by atoms with van der Waals surface area (Å²) in [6.45, 7) is 5.72.